The molecule has 1 unspecified atom stereocenters. The number of allylic oxidation sites excluding steroid dienone is 4. The Kier molecular flexibility index (Phi) is 12.7. The first kappa shape index (κ1) is 33.9. The van der Waals surface area contributed by atoms with Gasteiger partial charge in [-0.3, -0.25) is 0 Å². The molecule has 0 saturated heterocycles. The van der Waals surface area contributed by atoms with Crippen molar-refractivity contribution in [3.8, 4) is 11.1 Å². The van der Waals surface area contributed by atoms with E-state index < -0.39 is 21.3 Å². The molecule has 0 aliphatic heterocycles. The molecule has 0 saturated carbocycles. The molecule has 2 aromatic carbocycles. The number of halogens is 2. The average molecular weight is 641 g/mol. The SMILES string of the molecule is C=Cc1ccc2c(c1)-c1cc(C=C)ccc1[CH]2[Zr+2]([C]1=CC(C(C)(C)C)=CC1C)=[C](CCCC)CCCC.[Cl-].[Cl-]. The molecule has 2 aromatic rings. The van der Waals surface area contributed by atoms with E-state index in [0.29, 0.717) is 9.54 Å². The predicted octanol–water partition coefficient (Wildman–Crippen LogP) is 4.73. The van der Waals surface area contributed by atoms with Crippen LogP contribution in [-0.4, -0.2) is 3.21 Å². The second-order valence-electron chi connectivity index (χ2n) is 12.0. The number of fused-ring (bicyclic) bond motifs is 3. The second kappa shape index (κ2) is 14.6. The van der Waals surface area contributed by atoms with E-state index in [1.807, 2.05) is 18.6 Å². The van der Waals surface area contributed by atoms with E-state index in [-0.39, 0.29) is 30.2 Å². The van der Waals surface area contributed by atoms with Gasteiger partial charge in [-0.15, -0.1) is 0 Å². The van der Waals surface area contributed by atoms with Gasteiger partial charge in [0.25, 0.3) is 0 Å². The van der Waals surface area contributed by atoms with E-state index >= 15 is 0 Å². The zero-order chi connectivity index (χ0) is 26.7. The van der Waals surface area contributed by atoms with Crippen LogP contribution >= 0.6 is 0 Å². The van der Waals surface area contributed by atoms with E-state index in [0.717, 1.165) is 0 Å². The van der Waals surface area contributed by atoms with Gasteiger partial charge in [-0.2, -0.15) is 0 Å². The Morgan fingerprint density at radius 3 is 1.72 bits per heavy atom. The number of hydrogen-bond donors (Lipinski definition) is 0. The van der Waals surface area contributed by atoms with Crippen molar-refractivity contribution >= 4 is 15.4 Å². The summed E-state index contributed by atoms with van der Waals surface area (Å²) >= 11 is -2.35. The third kappa shape index (κ3) is 7.15. The fourth-order valence-electron chi connectivity index (χ4n) is 6.10. The molecule has 0 spiro atoms. The summed E-state index contributed by atoms with van der Waals surface area (Å²) in [5, 5.41) is 0. The Balaban J connectivity index is 0.00000267. The van der Waals surface area contributed by atoms with Crippen LogP contribution in [0.5, 0.6) is 0 Å². The second-order valence-corrected chi connectivity index (χ2v) is 18.6. The molecule has 39 heavy (non-hydrogen) atoms. The van der Waals surface area contributed by atoms with Crippen molar-refractivity contribution in [2.24, 2.45) is 11.3 Å². The van der Waals surface area contributed by atoms with Crippen molar-refractivity contribution in [1.29, 1.82) is 0 Å². The van der Waals surface area contributed by atoms with E-state index in [4.69, 9.17) is 0 Å². The average Bonchev–Trinajstić information content (AvgIpc) is 3.43. The zero-order valence-corrected chi connectivity index (χ0v) is 28.8. The van der Waals surface area contributed by atoms with Crippen LogP contribution in [0.4, 0.5) is 0 Å². The first-order chi connectivity index (χ1) is 17.7. The molecule has 0 aromatic heterocycles. The zero-order valence-electron chi connectivity index (χ0n) is 24.8. The number of hydrogen-bond acceptors (Lipinski definition) is 0. The van der Waals surface area contributed by atoms with Gasteiger partial charge >= 0.3 is 236 Å². The fourth-order valence-corrected chi connectivity index (χ4v) is 16.1. The minimum atomic E-state index is -2.35. The van der Waals surface area contributed by atoms with Gasteiger partial charge in [0.05, 0.1) is 0 Å². The van der Waals surface area contributed by atoms with Crippen LogP contribution in [0.1, 0.15) is 106 Å². The number of benzene rings is 2. The minimum Gasteiger partial charge on any atom is -1.00 e. The van der Waals surface area contributed by atoms with Crippen molar-refractivity contribution in [1.82, 2.24) is 0 Å². The molecule has 0 radical (unpaired) electrons. The maximum atomic E-state index is 4.08. The third-order valence-electron chi connectivity index (χ3n) is 8.28. The summed E-state index contributed by atoms with van der Waals surface area (Å²) in [5.41, 5.74) is 10.2. The smallest absolute Gasteiger partial charge is 1.00 e. The molecule has 2 aliphatic rings. The summed E-state index contributed by atoms with van der Waals surface area (Å²) in [6, 6.07) is 14.3. The van der Waals surface area contributed by atoms with Crippen LogP contribution in [0.25, 0.3) is 23.3 Å². The van der Waals surface area contributed by atoms with E-state index in [1.165, 1.54) is 60.8 Å². The van der Waals surface area contributed by atoms with Crippen LogP contribution in [-0.2, 0) is 21.3 Å². The number of rotatable bonds is 10. The molecule has 3 heteroatoms. The van der Waals surface area contributed by atoms with Gasteiger partial charge in [0.1, 0.15) is 0 Å². The van der Waals surface area contributed by atoms with Crippen LogP contribution in [0.15, 0.2) is 70.6 Å². The van der Waals surface area contributed by atoms with Gasteiger partial charge in [-0.05, 0) is 0 Å². The predicted molar refractivity (Wildman–Crippen MR) is 163 cm³/mol. The van der Waals surface area contributed by atoms with Crippen molar-refractivity contribution in [2.75, 3.05) is 0 Å². The van der Waals surface area contributed by atoms with Crippen molar-refractivity contribution in [2.45, 2.75) is 83.7 Å². The molecule has 208 valence electrons. The molecule has 0 bridgehead atoms. The fraction of sp³-hybridized carbons (Fsp3) is 0.417. The van der Waals surface area contributed by atoms with Gasteiger partial charge in [0.2, 0.25) is 0 Å². The maximum Gasteiger partial charge on any atom is -1.00 e. The Morgan fingerprint density at radius 1 is 0.846 bits per heavy atom. The summed E-state index contributed by atoms with van der Waals surface area (Å²) in [7, 11) is 0. The standard InChI is InChI=1S/C17H13.C10H15.C9H18.2ClH.Zr/c1-3-12-5-7-14-11-15-8-6-13(4-2)10-17(15)16(14)9-12;1-8-5-6-9(7-8)10(2,3)4;1-3-5-7-9-8-6-4-2;;;/h3-11H,1-2H2;6-8H,1-4H3;3-8H2,1-2H3;2*1H;/q;;;;;+2/p-2. The first-order valence-electron chi connectivity index (χ1n) is 14.4. The Hall–Kier alpha value is -1.27. The molecular weight excluding hydrogens is 595 g/mol. The maximum absolute atomic E-state index is 4.08. The summed E-state index contributed by atoms with van der Waals surface area (Å²) in [6.45, 7) is 22.5. The molecule has 4 rings (SSSR count). The van der Waals surface area contributed by atoms with Crippen LogP contribution < -0.4 is 24.8 Å². The van der Waals surface area contributed by atoms with Gasteiger partial charge in [-0.25, -0.2) is 0 Å². The van der Waals surface area contributed by atoms with Gasteiger partial charge in [0, 0.05) is 0 Å². The Labute approximate surface area is 258 Å². The van der Waals surface area contributed by atoms with E-state index in [9.17, 15) is 0 Å². The molecule has 0 heterocycles. The van der Waals surface area contributed by atoms with E-state index in [1.54, 1.807) is 16.7 Å². The molecule has 0 fully saturated rings. The van der Waals surface area contributed by atoms with Crippen molar-refractivity contribution < 1.29 is 46.1 Å². The molecule has 1 atom stereocenters. The monoisotopic (exact) mass is 638 g/mol. The Morgan fingerprint density at radius 2 is 1.33 bits per heavy atom. The minimum absolute atomic E-state index is 0. The quantitative estimate of drug-likeness (QED) is 0.353. The van der Waals surface area contributed by atoms with Gasteiger partial charge in [0.15, 0.2) is 0 Å². The normalized spacial score (nSPS) is 15.6. The summed E-state index contributed by atoms with van der Waals surface area (Å²) in [4.78, 5) is 0. The topological polar surface area (TPSA) is 0 Å². The van der Waals surface area contributed by atoms with Crippen molar-refractivity contribution in [3.63, 3.8) is 0 Å². The molecule has 0 amide bonds. The Bertz CT molecular complexity index is 1220. The van der Waals surface area contributed by atoms with Crippen molar-refractivity contribution in [3.05, 3.63) is 92.8 Å². The molecule has 0 N–H and O–H groups in total. The van der Waals surface area contributed by atoms with Gasteiger partial charge in [-0.1, -0.05) is 0 Å². The number of unbranched alkanes of at least 4 members (excludes halogenated alkanes) is 2. The summed E-state index contributed by atoms with van der Waals surface area (Å²) in [5.74, 6) is 0.550. The first-order valence-corrected chi connectivity index (χ1v) is 18.3. The summed E-state index contributed by atoms with van der Waals surface area (Å²) in [6.07, 6.45) is 17.1. The largest absolute Gasteiger partial charge is 1.00 e. The molecule has 0 nitrogen and oxygen atoms in total. The molecule has 2 aliphatic carbocycles. The van der Waals surface area contributed by atoms with Crippen LogP contribution in [0.2, 0.25) is 0 Å². The van der Waals surface area contributed by atoms with E-state index in [2.05, 4.69) is 103 Å². The van der Waals surface area contributed by atoms with Crippen LogP contribution in [0, 0.1) is 11.3 Å². The van der Waals surface area contributed by atoms with Gasteiger partial charge < -0.3 is 24.8 Å². The van der Waals surface area contributed by atoms with Crippen LogP contribution in [0.3, 0.4) is 0 Å². The summed E-state index contributed by atoms with van der Waals surface area (Å²) < 4.78 is 4.33. The molecular formula is C36H46Cl2Zr. The third-order valence-corrected chi connectivity index (χ3v) is 17.3.